The number of oxazole rings is 1. The van der Waals surface area contributed by atoms with Crippen molar-refractivity contribution in [3.8, 4) is 0 Å². The van der Waals surface area contributed by atoms with Gasteiger partial charge in [-0.3, -0.25) is 4.57 Å². The molecule has 0 saturated heterocycles. The van der Waals surface area contributed by atoms with E-state index in [0.717, 1.165) is 0 Å². The van der Waals surface area contributed by atoms with Crippen LogP contribution < -0.4 is 11.5 Å². The zero-order chi connectivity index (χ0) is 10.1. The zero-order valence-corrected chi connectivity index (χ0v) is 7.37. The molecular weight excluding hydrogens is 187 g/mol. The van der Waals surface area contributed by atoms with Crippen molar-refractivity contribution in [2.24, 2.45) is 5.73 Å². The molecule has 1 aromatic carbocycles. The molecule has 0 aliphatic heterocycles. The molecule has 0 radical (unpaired) electrons. The molecule has 0 aliphatic carbocycles. The number of hydrogen-bond donors (Lipinski definition) is 1. The highest BCUT2D eigenvalue weighted by atomic mass is 19.1. The van der Waals surface area contributed by atoms with Gasteiger partial charge < -0.3 is 10.2 Å². The van der Waals surface area contributed by atoms with Crippen molar-refractivity contribution in [3.05, 3.63) is 34.6 Å². The second-order valence-corrected chi connectivity index (χ2v) is 2.92. The van der Waals surface area contributed by atoms with Gasteiger partial charge in [-0.15, -0.1) is 0 Å². The Bertz CT molecular complexity index is 515. The van der Waals surface area contributed by atoms with Crippen LogP contribution in [0.15, 0.2) is 27.4 Å². The molecule has 0 saturated carbocycles. The summed E-state index contributed by atoms with van der Waals surface area (Å²) < 4.78 is 19.1. The van der Waals surface area contributed by atoms with E-state index in [9.17, 15) is 9.18 Å². The average molecular weight is 196 g/mol. The molecule has 2 N–H and O–H groups in total. The van der Waals surface area contributed by atoms with E-state index in [4.69, 9.17) is 10.2 Å². The lowest BCUT2D eigenvalue weighted by molar-refractivity contribution is 0.507. The van der Waals surface area contributed by atoms with Gasteiger partial charge >= 0.3 is 5.76 Å². The summed E-state index contributed by atoms with van der Waals surface area (Å²) >= 11 is 0. The summed E-state index contributed by atoms with van der Waals surface area (Å²) in [6.07, 6.45) is 0. The van der Waals surface area contributed by atoms with Gasteiger partial charge in [-0.1, -0.05) is 0 Å². The van der Waals surface area contributed by atoms with Crippen molar-refractivity contribution in [1.29, 1.82) is 0 Å². The van der Waals surface area contributed by atoms with Crippen molar-refractivity contribution in [2.75, 3.05) is 6.54 Å². The predicted octanol–water partition coefficient (Wildman–Crippen LogP) is 0.692. The molecular formula is C9H9FN2O2. The second-order valence-electron chi connectivity index (χ2n) is 2.92. The fourth-order valence-electron chi connectivity index (χ4n) is 1.38. The number of hydrogen-bond acceptors (Lipinski definition) is 3. The molecule has 2 rings (SSSR count). The van der Waals surface area contributed by atoms with E-state index in [2.05, 4.69) is 0 Å². The van der Waals surface area contributed by atoms with E-state index in [1.165, 1.54) is 22.8 Å². The summed E-state index contributed by atoms with van der Waals surface area (Å²) in [7, 11) is 0. The van der Waals surface area contributed by atoms with Crippen LogP contribution in [0.3, 0.4) is 0 Å². The fraction of sp³-hybridized carbons (Fsp3) is 0.222. The van der Waals surface area contributed by atoms with Gasteiger partial charge in [0.2, 0.25) is 0 Å². The third-order valence-corrected chi connectivity index (χ3v) is 1.98. The van der Waals surface area contributed by atoms with Gasteiger partial charge in [-0.25, -0.2) is 9.18 Å². The Balaban J connectivity index is 2.73. The molecule has 0 amide bonds. The Morgan fingerprint density at radius 1 is 1.50 bits per heavy atom. The molecule has 2 aromatic rings. The Hall–Kier alpha value is -1.62. The summed E-state index contributed by atoms with van der Waals surface area (Å²) in [5.41, 5.74) is 6.15. The third kappa shape index (κ3) is 1.31. The first-order chi connectivity index (χ1) is 6.72. The number of aromatic nitrogens is 1. The normalized spacial score (nSPS) is 11.0. The largest absolute Gasteiger partial charge is 0.419 e. The molecule has 0 bridgehead atoms. The average Bonchev–Trinajstić information content (AvgIpc) is 2.45. The Kier molecular flexibility index (Phi) is 2.09. The number of halogens is 1. The lowest BCUT2D eigenvalue weighted by Crippen LogP contribution is -2.19. The van der Waals surface area contributed by atoms with Gasteiger partial charge in [-0.2, -0.15) is 0 Å². The maximum absolute atomic E-state index is 12.9. The van der Waals surface area contributed by atoms with Gasteiger partial charge in [-0.05, 0) is 12.1 Å². The number of benzene rings is 1. The van der Waals surface area contributed by atoms with Crippen molar-refractivity contribution >= 4 is 11.1 Å². The molecule has 74 valence electrons. The monoisotopic (exact) mass is 196 g/mol. The van der Waals surface area contributed by atoms with Gasteiger partial charge in [0, 0.05) is 19.2 Å². The Morgan fingerprint density at radius 3 is 3.00 bits per heavy atom. The third-order valence-electron chi connectivity index (χ3n) is 1.98. The summed E-state index contributed by atoms with van der Waals surface area (Å²) in [6, 6.07) is 3.94. The molecule has 0 aliphatic rings. The van der Waals surface area contributed by atoms with E-state index in [1.54, 1.807) is 0 Å². The van der Waals surface area contributed by atoms with Crippen LogP contribution in [0.1, 0.15) is 0 Å². The van der Waals surface area contributed by atoms with Crippen molar-refractivity contribution < 1.29 is 8.81 Å². The molecule has 14 heavy (non-hydrogen) atoms. The van der Waals surface area contributed by atoms with Crippen LogP contribution in [0.5, 0.6) is 0 Å². The number of nitrogens with two attached hydrogens (primary N) is 1. The van der Waals surface area contributed by atoms with Crippen LogP contribution in [0.4, 0.5) is 4.39 Å². The molecule has 0 unspecified atom stereocenters. The van der Waals surface area contributed by atoms with Gasteiger partial charge in [0.15, 0.2) is 5.58 Å². The van der Waals surface area contributed by atoms with E-state index >= 15 is 0 Å². The smallest absolute Gasteiger partial charge is 0.408 e. The first-order valence-electron chi connectivity index (χ1n) is 4.21. The molecule has 0 spiro atoms. The van der Waals surface area contributed by atoms with Gasteiger partial charge in [0.1, 0.15) is 5.82 Å². The van der Waals surface area contributed by atoms with Crippen LogP contribution in [0.25, 0.3) is 11.1 Å². The number of nitrogens with zero attached hydrogens (tertiary/aromatic N) is 1. The maximum atomic E-state index is 12.9. The molecule has 4 nitrogen and oxygen atoms in total. The standard InChI is InChI=1S/C9H9FN2O2/c10-6-1-2-8-7(5-6)12(4-3-11)9(13)14-8/h1-2,5H,3-4,11H2. The second kappa shape index (κ2) is 3.26. The molecule has 1 aromatic heterocycles. The molecule has 0 atom stereocenters. The predicted molar refractivity (Wildman–Crippen MR) is 49.5 cm³/mol. The van der Waals surface area contributed by atoms with Crippen LogP contribution in [0.2, 0.25) is 0 Å². The highest BCUT2D eigenvalue weighted by Crippen LogP contribution is 2.13. The lowest BCUT2D eigenvalue weighted by atomic mass is 10.3. The minimum Gasteiger partial charge on any atom is -0.408 e. The zero-order valence-electron chi connectivity index (χ0n) is 7.37. The van der Waals surface area contributed by atoms with Gasteiger partial charge in [0.25, 0.3) is 0 Å². The first-order valence-corrected chi connectivity index (χ1v) is 4.21. The highest BCUT2D eigenvalue weighted by molar-refractivity contribution is 5.72. The molecule has 1 heterocycles. The minimum absolute atomic E-state index is 0.311. The van der Waals surface area contributed by atoms with E-state index in [1.807, 2.05) is 0 Å². The van der Waals surface area contributed by atoms with Crippen LogP contribution >= 0.6 is 0 Å². The molecule has 0 fully saturated rings. The Labute approximate surface area is 78.7 Å². The molecule has 5 heteroatoms. The quantitative estimate of drug-likeness (QED) is 0.768. The summed E-state index contributed by atoms with van der Waals surface area (Å²) in [4.78, 5) is 11.3. The summed E-state index contributed by atoms with van der Waals surface area (Å²) in [5, 5.41) is 0. The van der Waals surface area contributed by atoms with Crippen molar-refractivity contribution in [1.82, 2.24) is 4.57 Å². The minimum atomic E-state index is -0.504. The van der Waals surface area contributed by atoms with Crippen molar-refractivity contribution in [3.63, 3.8) is 0 Å². The SMILES string of the molecule is NCCn1c(=O)oc2ccc(F)cc21. The van der Waals surface area contributed by atoms with E-state index in [0.29, 0.717) is 24.2 Å². The summed E-state index contributed by atoms with van der Waals surface area (Å²) in [6.45, 7) is 0.639. The highest BCUT2D eigenvalue weighted by Gasteiger charge is 2.08. The Morgan fingerprint density at radius 2 is 2.29 bits per heavy atom. The lowest BCUT2D eigenvalue weighted by Gasteiger charge is -1.97. The van der Waals surface area contributed by atoms with Crippen LogP contribution in [0, 0.1) is 5.82 Å². The van der Waals surface area contributed by atoms with E-state index < -0.39 is 11.6 Å². The maximum Gasteiger partial charge on any atom is 0.419 e. The van der Waals surface area contributed by atoms with Crippen LogP contribution in [-0.2, 0) is 6.54 Å². The first kappa shape index (κ1) is 8.96. The number of rotatable bonds is 2. The van der Waals surface area contributed by atoms with Crippen molar-refractivity contribution in [2.45, 2.75) is 6.54 Å². The topological polar surface area (TPSA) is 61.2 Å². The number of fused-ring (bicyclic) bond motifs is 1. The fourth-order valence-corrected chi connectivity index (χ4v) is 1.38. The summed E-state index contributed by atoms with van der Waals surface area (Å²) in [5.74, 6) is -0.903. The van der Waals surface area contributed by atoms with Gasteiger partial charge in [0.05, 0.1) is 5.52 Å². The van der Waals surface area contributed by atoms with E-state index in [-0.39, 0.29) is 0 Å². The van der Waals surface area contributed by atoms with Crippen LogP contribution in [-0.4, -0.2) is 11.1 Å².